The van der Waals surface area contributed by atoms with Crippen molar-refractivity contribution in [2.75, 3.05) is 5.73 Å². The van der Waals surface area contributed by atoms with Crippen molar-refractivity contribution in [3.8, 4) is 0 Å². The fraction of sp³-hybridized carbons (Fsp3) is 0.0769. The lowest BCUT2D eigenvalue weighted by Gasteiger charge is -2.02. The molecular weight excluding hydrogens is 274 g/mol. The van der Waals surface area contributed by atoms with Crippen LogP contribution in [0.4, 0.5) is 5.69 Å². The van der Waals surface area contributed by atoms with Crippen LogP contribution < -0.4 is 22.4 Å². The zero-order chi connectivity index (χ0) is 15.4. The molecule has 0 atom stereocenters. The number of carbonyl (C=O) groups excluding carboxylic acids is 1. The van der Waals surface area contributed by atoms with Crippen molar-refractivity contribution in [2.45, 2.75) is 6.92 Å². The Labute approximate surface area is 118 Å². The minimum absolute atomic E-state index is 0.159. The van der Waals surface area contributed by atoms with E-state index in [0.29, 0.717) is 11.3 Å². The summed E-state index contributed by atoms with van der Waals surface area (Å²) in [6.07, 6.45) is 1.23. The molecule has 0 saturated heterocycles. The summed E-state index contributed by atoms with van der Waals surface area (Å²) in [6.45, 7) is 1.53. The van der Waals surface area contributed by atoms with E-state index in [1.165, 1.54) is 13.1 Å². The Bertz CT molecular complexity index is 802. The van der Waals surface area contributed by atoms with Gasteiger partial charge in [-0.25, -0.2) is 10.2 Å². The van der Waals surface area contributed by atoms with Crippen molar-refractivity contribution in [2.24, 2.45) is 5.10 Å². The van der Waals surface area contributed by atoms with E-state index < -0.39 is 17.2 Å². The number of rotatable bonds is 3. The Morgan fingerprint density at radius 1 is 1.24 bits per heavy atom. The Hall–Kier alpha value is -3.16. The molecule has 108 valence electrons. The number of hydrazone groups is 1. The Morgan fingerprint density at radius 2 is 1.90 bits per heavy atom. The van der Waals surface area contributed by atoms with E-state index >= 15 is 0 Å². The van der Waals surface area contributed by atoms with Crippen LogP contribution in [0.15, 0.2) is 45.2 Å². The molecule has 8 nitrogen and oxygen atoms in total. The normalized spacial score (nSPS) is 11.2. The van der Waals surface area contributed by atoms with Gasteiger partial charge in [0.2, 0.25) is 0 Å². The molecule has 0 saturated carbocycles. The summed E-state index contributed by atoms with van der Waals surface area (Å²) in [7, 11) is 0. The maximum Gasteiger partial charge on any atom is 0.325 e. The van der Waals surface area contributed by atoms with Crippen molar-refractivity contribution < 1.29 is 4.79 Å². The Kier molecular flexibility index (Phi) is 3.98. The maximum absolute atomic E-state index is 11.8. The second-order valence-electron chi connectivity index (χ2n) is 4.25. The molecule has 0 fully saturated rings. The van der Waals surface area contributed by atoms with E-state index in [-0.39, 0.29) is 11.3 Å². The van der Waals surface area contributed by atoms with Crippen LogP contribution in [0, 0.1) is 0 Å². The highest BCUT2D eigenvalue weighted by molar-refractivity contribution is 6.00. The molecule has 2 rings (SSSR count). The monoisotopic (exact) mass is 287 g/mol. The SMILES string of the molecule is C/C(=N\NC(=O)c1ccc(N)cc1)c1c[nH]c(=O)[nH]c1=O. The Balaban J connectivity index is 2.16. The second kappa shape index (κ2) is 5.87. The first kappa shape index (κ1) is 14.3. The number of anilines is 1. The van der Waals surface area contributed by atoms with Crippen molar-refractivity contribution in [1.82, 2.24) is 15.4 Å². The largest absolute Gasteiger partial charge is 0.399 e. The first-order valence-corrected chi connectivity index (χ1v) is 6.00. The van der Waals surface area contributed by atoms with Gasteiger partial charge in [-0.15, -0.1) is 0 Å². The standard InChI is InChI=1S/C13H13N5O3/c1-7(10-6-15-13(21)16-12(10)20)17-18-11(19)8-2-4-9(14)5-3-8/h2-6H,14H2,1H3,(H,18,19)(H2,15,16,20,21)/b17-7+. The molecule has 1 amide bonds. The first-order valence-electron chi connectivity index (χ1n) is 6.00. The summed E-state index contributed by atoms with van der Waals surface area (Å²) < 4.78 is 0. The number of hydrogen-bond acceptors (Lipinski definition) is 5. The zero-order valence-corrected chi connectivity index (χ0v) is 11.1. The molecule has 0 aliphatic carbocycles. The number of carbonyl (C=O) groups is 1. The van der Waals surface area contributed by atoms with E-state index in [9.17, 15) is 14.4 Å². The smallest absolute Gasteiger partial charge is 0.325 e. The van der Waals surface area contributed by atoms with Gasteiger partial charge in [0.05, 0.1) is 11.3 Å². The predicted molar refractivity (Wildman–Crippen MR) is 78.2 cm³/mol. The molecule has 5 N–H and O–H groups in total. The highest BCUT2D eigenvalue weighted by atomic mass is 16.2. The summed E-state index contributed by atoms with van der Waals surface area (Å²) in [6, 6.07) is 6.31. The quantitative estimate of drug-likeness (QED) is 0.353. The number of benzene rings is 1. The summed E-state index contributed by atoms with van der Waals surface area (Å²) in [5, 5.41) is 3.83. The second-order valence-corrected chi connectivity index (χ2v) is 4.25. The van der Waals surface area contributed by atoms with Crippen LogP contribution in [0.25, 0.3) is 0 Å². The van der Waals surface area contributed by atoms with E-state index in [1.807, 2.05) is 0 Å². The van der Waals surface area contributed by atoms with Crippen LogP contribution in [0.2, 0.25) is 0 Å². The van der Waals surface area contributed by atoms with E-state index in [2.05, 4.69) is 20.5 Å². The maximum atomic E-state index is 11.8. The fourth-order valence-corrected chi connectivity index (χ4v) is 1.57. The van der Waals surface area contributed by atoms with Gasteiger partial charge in [-0.1, -0.05) is 0 Å². The summed E-state index contributed by atoms with van der Waals surface area (Å²) in [5.74, 6) is -0.435. The van der Waals surface area contributed by atoms with Gasteiger partial charge in [-0.3, -0.25) is 14.6 Å². The zero-order valence-electron chi connectivity index (χ0n) is 11.1. The molecule has 8 heteroatoms. The van der Waals surface area contributed by atoms with Gasteiger partial charge in [-0.05, 0) is 31.2 Å². The third kappa shape index (κ3) is 3.44. The third-order valence-corrected chi connectivity index (χ3v) is 2.71. The molecule has 1 aromatic heterocycles. The van der Waals surface area contributed by atoms with Crippen LogP contribution in [-0.4, -0.2) is 21.6 Å². The number of amides is 1. The van der Waals surface area contributed by atoms with Crippen LogP contribution >= 0.6 is 0 Å². The molecule has 1 heterocycles. The van der Waals surface area contributed by atoms with Crippen molar-refractivity contribution in [3.05, 3.63) is 62.4 Å². The first-order chi connectivity index (χ1) is 9.97. The Morgan fingerprint density at radius 3 is 2.52 bits per heavy atom. The lowest BCUT2D eigenvalue weighted by atomic mass is 10.2. The molecule has 0 unspecified atom stereocenters. The number of hydrogen-bond donors (Lipinski definition) is 4. The van der Waals surface area contributed by atoms with Crippen LogP contribution in [-0.2, 0) is 0 Å². The molecule has 0 bridgehead atoms. The van der Waals surface area contributed by atoms with Gasteiger partial charge in [-0.2, -0.15) is 5.10 Å². The number of nitrogens with two attached hydrogens (primary N) is 1. The van der Waals surface area contributed by atoms with Gasteiger partial charge in [0.15, 0.2) is 0 Å². The summed E-state index contributed by atoms with van der Waals surface area (Å²) in [4.78, 5) is 38.7. The average molecular weight is 287 g/mol. The third-order valence-electron chi connectivity index (χ3n) is 2.71. The molecule has 0 radical (unpaired) electrons. The fourth-order valence-electron chi connectivity index (χ4n) is 1.57. The number of nitrogen functional groups attached to an aromatic ring is 1. The molecule has 1 aromatic carbocycles. The van der Waals surface area contributed by atoms with Crippen molar-refractivity contribution in [1.29, 1.82) is 0 Å². The highest BCUT2D eigenvalue weighted by Gasteiger charge is 2.07. The molecule has 2 aromatic rings. The molecule has 21 heavy (non-hydrogen) atoms. The van der Waals surface area contributed by atoms with Gasteiger partial charge >= 0.3 is 5.69 Å². The number of nitrogens with one attached hydrogen (secondary N) is 3. The highest BCUT2D eigenvalue weighted by Crippen LogP contribution is 2.05. The molecular formula is C13H13N5O3. The summed E-state index contributed by atoms with van der Waals surface area (Å²) in [5.41, 5.74) is 8.01. The van der Waals surface area contributed by atoms with Crippen LogP contribution in [0.5, 0.6) is 0 Å². The topological polar surface area (TPSA) is 133 Å². The van der Waals surface area contributed by atoms with Crippen molar-refractivity contribution >= 4 is 17.3 Å². The minimum Gasteiger partial charge on any atom is -0.399 e. The number of aromatic amines is 2. The number of aromatic nitrogens is 2. The van der Waals surface area contributed by atoms with Crippen LogP contribution in [0.1, 0.15) is 22.8 Å². The van der Waals surface area contributed by atoms with E-state index in [1.54, 1.807) is 24.3 Å². The molecule has 0 spiro atoms. The predicted octanol–water partition coefficient (Wildman–Crippen LogP) is -0.201. The number of nitrogens with zero attached hydrogens (tertiary/aromatic N) is 1. The van der Waals surface area contributed by atoms with Gasteiger partial charge in [0.25, 0.3) is 11.5 Å². The van der Waals surface area contributed by atoms with Gasteiger partial charge < -0.3 is 10.7 Å². The van der Waals surface area contributed by atoms with Crippen molar-refractivity contribution in [3.63, 3.8) is 0 Å². The van der Waals surface area contributed by atoms with Gasteiger partial charge in [0.1, 0.15) is 0 Å². The van der Waals surface area contributed by atoms with E-state index in [4.69, 9.17) is 5.73 Å². The number of H-pyrrole nitrogens is 2. The molecule has 0 aliphatic heterocycles. The van der Waals surface area contributed by atoms with Gasteiger partial charge in [0, 0.05) is 17.4 Å². The molecule has 0 aliphatic rings. The lowest BCUT2D eigenvalue weighted by Crippen LogP contribution is -2.28. The van der Waals surface area contributed by atoms with Crippen LogP contribution in [0.3, 0.4) is 0 Å². The summed E-state index contributed by atoms with van der Waals surface area (Å²) >= 11 is 0. The lowest BCUT2D eigenvalue weighted by molar-refractivity contribution is 0.0955. The van der Waals surface area contributed by atoms with E-state index in [0.717, 1.165) is 0 Å². The minimum atomic E-state index is -0.609. The average Bonchev–Trinajstić information content (AvgIpc) is 2.45.